The maximum absolute atomic E-state index is 12.4. The van der Waals surface area contributed by atoms with Crippen molar-refractivity contribution in [3.05, 3.63) is 71.8 Å². The molecule has 0 radical (unpaired) electrons. The number of carbonyl (C=O) groups excluding carboxylic acids is 2. The number of hydrogen-bond acceptors (Lipinski definition) is 2. The summed E-state index contributed by atoms with van der Waals surface area (Å²) in [5.74, 6) is -0.510. The Morgan fingerprint density at radius 3 is 1.88 bits per heavy atom. The van der Waals surface area contributed by atoms with Gasteiger partial charge in [-0.25, -0.2) is 0 Å². The zero-order valence-corrected chi connectivity index (χ0v) is 14.5. The topological polar surface area (TPSA) is 49.4 Å². The molecule has 2 aromatic carbocycles. The quantitative estimate of drug-likeness (QED) is 0.819. The first-order chi connectivity index (χ1) is 11.5. The van der Waals surface area contributed by atoms with Crippen LogP contribution in [0.1, 0.15) is 24.1 Å². The number of hydrogen-bond donors (Lipinski definition) is 1. The largest absolute Gasteiger partial charge is 0.344 e. The Bertz CT molecular complexity index is 635. The molecule has 0 spiro atoms. The first kappa shape index (κ1) is 18.0. The Hall–Kier alpha value is -2.33. The number of carbonyl (C=O) groups is 2. The van der Waals surface area contributed by atoms with E-state index in [0.717, 1.165) is 11.1 Å². The maximum Gasteiger partial charge on any atom is 0.240 e. The highest BCUT2D eigenvalue weighted by Gasteiger charge is 2.20. The molecule has 0 saturated carbocycles. The molecule has 0 saturated heterocycles. The average Bonchev–Trinajstić information content (AvgIpc) is 2.60. The Kier molecular flexibility index (Phi) is 6.38. The molecule has 0 heterocycles. The summed E-state index contributed by atoms with van der Waals surface area (Å²) in [6, 6.07) is 19.2. The van der Waals surface area contributed by atoms with Crippen LogP contribution in [0.2, 0.25) is 0 Å². The Morgan fingerprint density at radius 1 is 1.00 bits per heavy atom. The predicted octanol–water partition coefficient (Wildman–Crippen LogP) is 2.98. The monoisotopic (exact) mass is 344 g/mol. The van der Waals surface area contributed by atoms with Crippen LogP contribution in [0.5, 0.6) is 0 Å². The van der Waals surface area contributed by atoms with E-state index in [2.05, 4.69) is 5.32 Å². The third-order valence-electron chi connectivity index (χ3n) is 3.67. The zero-order chi connectivity index (χ0) is 17.5. The van der Waals surface area contributed by atoms with Gasteiger partial charge in [0.2, 0.25) is 11.8 Å². The van der Waals surface area contributed by atoms with Crippen molar-refractivity contribution in [1.82, 2.24) is 10.2 Å². The number of alkyl halides is 1. The Balaban J connectivity index is 2.15. The van der Waals surface area contributed by atoms with Gasteiger partial charge in [-0.2, -0.15) is 0 Å². The van der Waals surface area contributed by atoms with Crippen LogP contribution in [-0.2, 0) is 9.59 Å². The predicted molar refractivity (Wildman–Crippen MR) is 95.8 cm³/mol. The van der Waals surface area contributed by atoms with E-state index in [1.54, 1.807) is 14.0 Å². The van der Waals surface area contributed by atoms with Crippen LogP contribution in [0, 0.1) is 0 Å². The molecule has 24 heavy (non-hydrogen) atoms. The van der Waals surface area contributed by atoms with Crippen molar-refractivity contribution >= 4 is 23.4 Å². The molecule has 2 rings (SSSR count). The van der Waals surface area contributed by atoms with E-state index >= 15 is 0 Å². The third-order valence-corrected chi connectivity index (χ3v) is 3.86. The van der Waals surface area contributed by atoms with Crippen molar-refractivity contribution in [1.29, 1.82) is 0 Å². The molecule has 2 amide bonds. The van der Waals surface area contributed by atoms with Crippen LogP contribution in [0.15, 0.2) is 60.7 Å². The Morgan fingerprint density at radius 2 is 1.46 bits per heavy atom. The minimum Gasteiger partial charge on any atom is -0.344 e. The fourth-order valence-corrected chi connectivity index (χ4v) is 2.62. The van der Waals surface area contributed by atoms with E-state index in [0.29, 0.717) is 0 Å². The van der Waals surface area contributed by atoms with E-state index in [9.17, 15) is 9.59 Å². The van der Waals surface area contributed by atoms with E-state index in [1.165, 1.54) is 4.90 Å². The van der Waals surface area contributed by atoms with Gasteiger partial charge < -0.3 is 10.2 Å². The summed E-state index contributed by atoms with van der Waals surface area (Å²) in [6.07, 6.45) is 0. The molecule has 0 aliphatic rings. The first-order valence-corrected chi connectivity index (χ1v) is 8.21. The van der Waals surface area contributed by atoms with Crippen molar-refractivity contribution in [2.75, 3.05) is 13.6 Å². The van der Waals surface area contributed by atoms with Gasteiger partial charge in [0, 0.05) is 7.05 Å². The van der Waals surface area contributed by atoms with Gasteiger partial charge in [0.05, 0.1) is 12.6 Å². The minimum atomic E-state index is -0.651. The third kappa shape index (κ3) is 4.83. The van der Waals surface area contributed by atoms with Crippen LogP contribution in [0.25, 0.3) is 0 Å². The van der Waals surface area contributed by atoms with Gasteiger partial charge >= 0.3 is 0 Å². The van der Waals surface area contributed by atoms with Crippen LogP contribution in [0.3, 0.4) is 0 Å². The number of amides is 2. The van der Waals surface area contributed by atoms with Crippen LogP contribution >= 0.6 is 11.6 Å². The first-order valence-electron chi connectivity index (χ1n) is 7.77. The van der Waals surface area contributed by atoms with Crippen molar-refractivity contribution < 1.29 is 9.59 Å². The second-order valence-corrected chi connectivity index (χ2v) is 6.29. The summed E-state index contributed by atoms with van der Waals surface area (Å²) in [4.78, 5) is 25.5. The summed E-state index contributed by atoms with van der Waals surface area (Å²) >= 11 is 5.78. The maximum atomic E-state index is 12.4. The van der Waals surface area contributed by atoms with Crippen molar-refractivity contribution in [3.63, 3.8) is 0 Å². The fourth-order valence-electron chi connectivity index (χ4n) is 2.45. The molecule has 0 aliphatic carbocycles. The minimum absolute atomic E-state index is 0.0357. The molecule has 0 fully saturated rings. The lowest BCUT2D eigenvalue weighted by molar-refractivity contribution is -0.134. The van der Waals surface area contributed by atoms with E-state index in [4.69, 9.17) is 11.6 Å². The SMILES string of the molecule is CC(Cl)C(=O)N(C)CC(=O)NC(c1ccccc1)c1ccccc1. The summed E-state index contributed by atoms with van der Waals surface area (Å²) < 4.78 is 0. The van der Waals surface area contributed by atoms with Gasteiger partial charge in [0.15, 0.2) is 0 Å². The molecule has 126 valence electrons. The lowest BCUT2D eigenvalue weighted by atomic mass is 9.99. The number of rotatable bonds is 6. The van der Waals surface area contributed by atoms with Gasteiger partial charge in [0.1, 0.15) is 5.38 Å². The fraction of sp³-hybridized carbons (Fsp3) is 0.263. The van der Waals surface area contributed by atoms with Crippen molar-refractivity contribution in [2.24, 2.45) is 0 Å². The molecule has 4 nitrogen and oxygen atoms in total. The highest BCUT2D eigenvalue weighted by Crippen LogP contribution is 2.21. The number of likely N-dealkylation sites (N-methyl/N-ethyl adjacent to an activating group) is 1. The van der Waals surface area contributed by atoms with Crippen LogP contribution in [0.4, 0.5) is 0 Å². The Labute approximate surface area is 147 Å². The molecule has 5 heteroatoms. The lowest BCUT2D eigenvalue weighted by Crippen LogP contribution is -2.42. The number of nitrogens with zero attached hydrogens (tertiary/aromatic N) is 1. The van der Waals surface area contributed by atoms with Gasteiger partial charge in [-0.05, 0) is 18.1 Å². The van der Waals surface area contributed by atoms with Gasteiger partial charge in [-0.15, -0.1) is 11.6 Å². The molecule has 0 aliphatic heterocycles. The normalized spacial score (nSPS) is 11.8. The molecule has 1 unspecified atom stereocenters. The summed E-state index contributed by atoms with van der Waals surface area (Å²) in [5, 5.41) is 2.35. The van der Waals surface area contributed by atoms with Crippen LogP contribution < -0.4 is 5.32 Å². The zero-order valence-electron chi connectivity index (χ0n) is 13.8. The summed E-state index contributed by atoms with van der Waals surface area (Å²) in [5.41, 5.74) is 1.97. The van der Waals surface area contributed by atoms with E-state index in [1.807, 2.05) is 60.7 Å². The number of nitrogens with one attached hydrogen (secondary N) is 1. The summed E-state index contributed by atoms with van der Waals surface area (Å²) in [7, 11) is 1.57. The number of halogens is 1. The second kappa shape index (κ2) is 8.50. The van der Waals surface area contributed by atoms with Crippen molar-refractivity contribution in [3.8, 4) is 0 Å². The highest BCUT2D eigenvalue weighted by molar-refractivity contribution is 6.30. The van der Waals surface area contributed by atoms with Gasteiger partial charge in [-0.3, -0.25) is 9.59 Å². The molecular weight excluding hydrogens is 324 g/mol. The van der Waals surface area contributed by atoms with E-state index in [-0.39, 0.29) is 24.4 Å². The summed E-state index contributed by atoms with van der Waals surface area (Å²) in [6.45, 7) is 1.56. The molecule has 0 aromatic heterocycles. The standard InChI is InChI=1S/C19H21ClN2O2/c1-14(20)19(24)22(2)13-17(23)21-18(15-9-5-3-6-10-15)16-11-7-4-8-12-16/h3-12,14,18H,13H2,1-2H3,(H,21,23). The van der Waals surface area contributed by atoms with E-state index < -0.39 is 5.38 Å². The average molecular weight is 345 g/mol. The van der Waals surface area contributed by atoms with Crippen LogP contribution in [-0.4, -0.2) is 35.7 Å². The van der Waals surface area contributed by atoms with Gasteiger partial charge in [-0.1, -0.05) is 60.7 Å². The number of benzene rings is 2. The smallest absolute Gasteiger partial charge is 0.240 e. The molecule has 1 atom stereocenters. The molecule has 0 bridgehead atoms. The lowest BCUT2D eigenvalue weighted by Gasteiger charge is -2.23. The highest BCUT2D eigenvalue weighted by atomic mass is 35.5. The second-order valence-electron chi connectivity index (χ2n) is 5.63. The molecule has 1 N–H and O–H groups in total. The van der Waals surface area contributed by atoms with Gasteiger partial charge in [0.25, 0.3) is 0 Å². The van der Waals surface area contributed by atoms with Crippen molar-refractivity contribution in [2.45, 2.75) is 18.3 Å². The molecular formula is C19H21ClN2O2. The molecule has 2 aromatic rings.